The molecular formula is C15H16O3. The standard InChI is InChI=1S/C15H16O3/c1-9(2)18-15-13(11-6-4-5-7-11)12(16)8-10(3)14(15)17/h4-9,11H,1-3H3. The molecule has 0 aromatic heterocycles. The van der Waals surface area contributed by atoms with Crippen molar-refractivity contribution in [1.82, 2.24) is 0 Å². The van der Waals surface area contributed by atoms with E-state index in [2.05, 4.69) is 0 Å². The Balaban J connectivity index is 2.47. The highest BCUT2D eigenvalue weighted by Gasteiger charge is 2.32. The molecule has 3 heteroatoms. The van der Waals surface area contributed by atoms with Crippen LogP contribution in [0.1, 0.15) is 20.8 Å². The van der Waals surface area contributed by atoms with Gasteiger partial charge in [-0.05, 0) is 26.8 Å². The second-order valence-electron chi connectivity index (χ2n) is 4.73. The Morgan fingerprint density at radius 3 is 2.33 bits per heavy atom. The lowest BCUT2D eigenvalue weighted by atomic mass is 9.88. The summed E-state index contributed by atoms with van der Waals surface area (Å²) in [4.78, 5) is 24.2. The molecule has 0 radical (unpaired) electrons. The minimum absolute atomic E-state index is 0.132. The molecule has 0 atom stereocenters. The molecule has 0 fully saturated rings. The van der Waals surface area contributed by atoms with Crippen LogP contribution in [0.5, 0.6) is 0 Å². The molecular weight excluding hydrogens is 228 g/mol. The molecule has 0 aliphatic heterocycles. The van der Waals surface area contributed by atoms with Crippen LogP contribution in [0.4, 0.5) is 0 Å². The maximum absolute atomic E-state index is 12.1. The van der Waals surface area contributed by atoms with Crippen molar-refractivity contribution >= 4 is 11.6 Å². The van der Waals surface area contributed by atoms with Crippen molar-refractivity contribution in [2.45, 2.75) is 26.9 Å². The summed E-state index contributed by atoms with van der Waals surface area (Å²) in [6, 6.07) is 0. The molecule has 0 unspecified atom stereocenters. The van der Waals surface area contributed by atoms with E-state index in [-0.39, 0.29) is 29.3 Å². The van der Waals surface area contributed by atoms with Crippen molar-refractivity contribution in [3.63, 3.8) is 0 Å². The topological polar surface area (TPSA) is 43.4 Å². The second-order valence-corrected chi connectivity index (χ2v) is 4.73. The maximum Gasteiger partial charge on any atom is 0.223 e. The van der Waals surface area contributed by atoms with E-state index in [1.807, 2.05) is 38.2 Å². The molecule has 0 saturated carbocycles. The molecule has 0 spiro atoms. The van der Waals surface area contributed by atoms with Crippen LogP contribution in [0, 0.1) is 5.92 Å². The van der Waals surface area contributed by atoms with E-state index in [1.54, 1.807) is 6.92 Å². The summed E-state index contributed by atoms with van der Waals surface area (Å²) >= 11 is 0. The summed E-state index contributed by atoms with van der Waals surface area (Å²) in [6.45, 7) is 5.33. The van der Waals surface area contributed by atoms with Crippen LogP contribution in [0.25, 0.3) is 0 Å². The number of carbonyl (C=O) groups is 2. The monoisotopic (exact) mass is 244 g/mol. The van der Waals surface area contributed by atoms with E-state index < -0.39 is 0 Å². The predicted octanol–water partition coefficient (Wildman–Crippen LogP) is 2.51. The molecule has 2 aliphatic rings. The third kappa shape index (κ3) is 2.21. The summed E-state index contributed by atoms with van der Waals surface area (Å²) in [5, 5.41) is 0. The Kier molecular flexibility index (Phi) is 3.32. The van der Waals surface area contributed by atoms with Gasteiger partial charge >= 0.3 is 0 Å². The van der Waals surface area contributed by atoms with E-state index in [0.717, 1.165) is 0 Å². The van der Waals surface area contributed by atoms with Crippen molar-refractivity contribution in [3.05, 3.63) is 47.3 Å². The lowest BCUT2D eigenvalue weighted by Gasteiger charge is -2.22. The maximum atomic E-state index is 12.1. The summed E-state index contributed by atoms with van der Waals surface area (Å²) in [7, 11) is 0. The largest absolute Gasteiger partial charge is 0.486 e. The average molecular weight is 244 g/mol. The van der Waals surface area contributed by atoms with Crippen LogP contribution in [0.3, 0.4) is 0 Å². The molecule has 0 N–H and O–H groups in total. The molecule has 0 bridgehead atoms. The SMILES string of the molecule is CC1=CC(=O)C(C2C=CC=C2)=C(OC(C)C)C1=O. The van der Waals surface area contributed by atoms with Crippen LogP contribution >= 0.6 is 0 Å². The Morgan fingerprint density at radius 1 is 1.17 bits per heavy atom. The lowest BCUT2D eigenvalue weighted by Crippen LogP contribution is -2.24. The molecule has 0 aromatic carbocycles. The van der Waals surface area contributed by atoms with Crippen LogP contribution < -0.4 is 0 Å². The van der Waals surface area contributed by atoms with Crippen LogP contribution in [0.15, 0.2) is 47.3 Å². The van der Waals surface area contributed by atoms with Crippen molar-refractivity contribution in [3.8, 4) is 0 Å². The normalized spacial score (nSPS) is 20.1. The fraction of sp³-hybridized carbons (Fsp3) is 0.333. The van der Waals surface area contributed by atoms with Crippen LogP contribution in [0.2, 0.25) is 0 Å². The summed E-state index contributed by atoms with van der Waals surface area (Å²) < 4.78 is 5.57. The third-order valence-electron chi connectivity index (χ3n) is 2.86. The lowest BCUT2D eigenvalue weighted by molar-refractivity contribution is -0.119. The minimum atomic E-state index is -0.188. The van der Waals surface area contributed by atoms with Gasteiger partial charge in [-0.1, -0.05) is 24.3 Å². The van der Waals surface area contributed by atoms with Crippen LogP contribution in [-0.2, 0) is 14.3 Å². The number of ketones is 2. The van der Waals surface area contributed by atoms with Gasteiger partial charge in [-0.2, -0.15) is 0 Å². The van der Waals surface area contributed by atoms with Crippen molar-refractivity contribution in [2.24, 2.45) is 5.92 Å². The highest BCUT2D eigenvalue weighted by Crippen LogP contribution is 2.30. The highest BCUT2D eigenvalue weighted by molar-refractivity contribution is 6.22. The van der Waals surface area contributed by atoms with Gasteiger partial charge in [-0.15, -0.1) is 0 Å². The Hall–Kier alpha value is -1.90. The van der Waals surface area contributed by atoms with Crippen molar-refractivity contribution in [1.29, 1.82) is 0 Å². The fourth-order valence-electron chi connectivity index (χ4n) is 2.05. The van der Waals surface area contributed by atoms with Gasteiger partial charge in [0.2, 0.25) is 5.78 Å². The van der Waals surface area contributed by atoms with Crippen LogP contribution in [-0.4, -0.2) is 17.7 Å². The van der Waals surface area contributed by atoms with Gasteiger partial charge in [0, 0.05) is 11.5 Å². The van der Waals surface area contributed by atoms with E-state index in [0.29, 0.717) is 11.1 Å². The first-order valence-corrected chi connectivity index (χ1v) is 6.04. The van der Waals surface area contributed by atoms with Gasteiger partial charge in [0.25, 0.3) is 0 Å². The average Bonchev–Trinajstić information content (AvgIpc) is 2.78. The smallest absolute Gasteiger partial charge is 0.223 e. The third-order valence-corrected chi connectivity index (χ3v) is 2.86. The predicted molar refractivity (Wildman–Crippen MR) is 68.8 cm³/mol. The summed E-state index contributed by atoms with van der Waals surface area (Å²) in [5.41, 5.74) is 0.884. The van der Waals surface area contributed by atoms with Gasteiger partial charge < -0.3 is 4.74 Å². The molecule has 0 saturated heterocycles. The molecule has 0 heterocycles. The van der Waals surface area contributed by atoms with E-state index >= 15 is 0 Å². The Morgan fingerprint density at radius 2 is 1.78 bits per heavy atom. The Labute approximate surface area is 107 Å². The number of ether oxygens (including phenoxy) is 1. The molecule has 2 rings (SSSR count). The quantitative estimate of drug-likeness (QED) is 0.716. The zero-order valence-corrected chi connectivity index (χ0v) is 10.8. The first-order chi connectivity index (χ1) is 8.50. The highest BCUT2D eigenvalue weighted by atomic mass is 16.5. The molecule has 18 heavy (non-hydrogen) atoms. The molecule has 94 valence electrons. The molecule has 0 aromatic rings. The first-order valence-electron chi connectivity index (χ1n) is 6.04. The second kappa shape index (κ2) is 4.77. The molecule has 2 aliphatic carbocycles. The number of allylic oxidation sites excluding steroid dienone is 7. The zero-order chi connectivity index (χ0) is 13.3. The number of hydrogen-bond donors (Lipinski definition) is 0. The Bertz CT molecular complexity index is 504. The van der Waals surface area contributed by atoms with Gasteiger partial charge in [0.15, 0.2) is 11.5 Å². The number of carbonyl (C=O) groups excluding carboxylic acids is 2. The zero-order valence-electron chi connectivity index (χ0n) is 10.8. The minimum Gasteiger partial charge on any atom is -0.486 e. The van der Waals surface area contributed by atoms with Gasteiger partial charge in [-0.3, -0.25) is 9.59 Å². The van der Waals surface area contributed by atoms with Gasteiger partial charge in [0.1, 0.15) is 0 Å². The van der Waals surface area contributed by atoms with E-state index in [4.69, 9.17) is 4.74 Å². The van der Waals surface area contributed by atoms with Crippen molar-refractivity contribution < 1.29 is 14.3 Å². The number of hydrogen-bond acceptors (Lipinski definition) is 3. The number of rotatable bonds is 3. The summed E-state index contributed by atoms with van der Waals surface area (Å²) in [6.07, 6.45) is 8.77. The van der Waals surface area contributed by atoms with Crippen molar-refractivity contribution in [2.75, 3.05) is 0 Å². The first kappa shape index (κ1) is 12.6. The van der Waals surface area contributed by atoms with E-state index in [9.17, 15) is 9.59 Å². The number of Topliss-reactive ketones (excluding diaryl/α,β-unsaturated/α-hetero) is 1. The molecule has 3 nitrogen and oxygen atoms in total. The fourth-order valence-corrected chi connectivity index (χ4v) is 2.05. The molecule has 0 amide bonds. The van der Waals surface area contributed by atoms with Gasteiger partial charge in [-0.25, -0.2) is 0 Å². The summed E-state index contributed by atoms with van der Waals surface area (Å²) in [5.74, 6) is -0.272. The van der Waals surface area contributed by atoms with E-state index in [1.165, 1.54) is 6.08 Å². The van der Waals surface area contributed by atoms with Gasteiger partial charge in [0.05, 0.1) is 11.7 Å².